The second-order valence-corrected chi connectivity index (χ2v) is 4.62. The molecule has 2 aliphatic heterocycles. The van der Waals surface area contributed by atoms with Crippen LogP contribution >= 0.6 is 0 Å². The lowest BCUT2D eigenvalue weighted by molar-refractivity contribution is 0.0600. The van der Waals surface area contributed by atoms with Crippen molar-refractivity contribution in [3.05, 3.63) is 28.3 Å². The first-order chi connectivity index (χ1) is 8.69. The Morgan fingerprint density at radius 1 is 1.56 bits per heavy atom. The third kappa shape index (κ3) is 1.79. The normalized spacial score (nSPS) is 14.9. The minimum Gasteiger partial charge on any atom is -0.465 e. The highest BCUT2D eigenvalue weighted by Crippen LogP contribution is 2.31. The van der Waals surface area contributed by atoms with Crippen LogP contribution in [0.15, 0.2) is 17.2 Å². The summed E-state index contributed by atoms with van der Waals surface area (Å²) in [6.45, 7) is 0.824. The minimum atomic E-state index is -0.475. The number of hydrogen-bond acceptors (Lipinski definition) is 4. The first-order valence-electron chi connectivity index (χ1n) is 5.85. The molecule has 18 heavy (non-hydrogen) atoms. The fourth-order valence-corrected chi connectivity index (χ4v) is 2.05. The van der Waals surface area contributed by atoms with Gasteiger partial charge >= 0.3 is 5.97 Å². The van der Waals surface area contributed by atoms with Gasteiger partial charge < -0.3 is 9.30 Å². The number of aromatic amines is 1. The molecule has 1 aliphatic carbocycles. The van der Waals surface area contributed by atoms with E-state index in [4.69, 9.17) is 4.74 Å². The van der Waals surface area contributed by atoms with Crippen molar-refractivity contribution >= 4 is 5.97 Å². The molecule has 2 heterocycles. The van der Waals surface area contributed by atoms with Crippen LogP contribution < -0.4 is 5.56 Å². The number of methoxy groups -OCH3 is 1. The van der Waals surface area contributed by atoms with Crippen molar-refractivity contribution in [1.82, 2.24) is 14.8 Å². The topological polar surface area (TPSA) is 77.0 Å². The molecule has 0 unspecified atom stereocenters. The lowest BCUT2D eigenvalue weighted by Crippen LogP contribution is -2.12. The van der Waals surface area contributed by atoms with E-state index in [1.807, 2.05) is 4.57 Å². The third-order valence-electron chi connectivity index (χ3n) is 3.19. The van der Waals surface area contributed by atoms with Crippen LogP contribution in [0.25, 0.3) is 11.3 Å². The van der Waals surface area contributed by atoms with Gasteiger partial charge in [0.25, 0.3) is 5.56 Å². The maximum absolute atomic E-state index is 11.7. The van der Waals surface area contributed by atoms with Gasteiger partial charge in [-0.05, 0) is 18.8 Å². The molecule has 3 rings (SSSR count). The predicted molar refractivity (Wildman–Crippen MR) is 63.5 cm³/mol. The van der Waals surface area contributed by atoms with E-state index in [9.17, 15) is 9.59 Å². The highest BCUT2D eigenvalue weighted by molar-refractivity contribution is 5.95. The number of hydrogen-bond donors (Lipinski definition) is 1. The number of rotatable bonds is 3. The molecule has 0 bridgehead atoms. The molecule has 1 saturated carbocycles. The van der Waals surface area contributed by atoms with Crippen LogP contribution in [0.2, 0.25) is 0 Å². The van der Waals surface area contributed by atoms with Gasteiger partial charge in [-0.3, -0.25) is 4.79 Å². The van der Waals surface area contributed by atoms with Crippen LogP contribution in [0, 0.1) is 5.92 Å². The van der Waals surface area contributed by atoms with Crippen LogP contribution in [0.4, 0.5) is 0 Å². The van der Waals surface area contributed by atoms with Crippen LogP contribution in [0.5, 0.6) is 0 Å². The van der Waals surface area contributed by atoms with E-state index in [1.165, 1.54) is 20.0 Å². The lowest BCUT2D eigenvalue weighted by atomic mass is 10.1. The number of carbonyl (C=O) groups excluding carboxylic acids is 1. The molecule has 0 saturated heterocycles. The van der Waals surface area contributed by atoms with Gasteiger partial charge in [-0.15, -0.1) is 0 Å². The quantitative estimate of drug-likeness (QED) is 0.816. The van der Waals surface area contributed by atoms with Crippen LogP contribution in [0.3, 0.4) is 0 Å². The fourth-order valence-electron chi connectivity index (χ4n) is 2.05. The summed E-state index contributed by atoms with van der Waals surface area (Å²) >= 11 is 0. The summed E-state index contributed by atoms with van der Waals surface area (Å²) in [6, 6.07) is 0. The number of nitrogens with zero attached hydrogens (tertiary/aromatic N) is 2. The van der Waals surface area contributed by atoms with Gasteiger partial charge in [0.1, 0.15) is 11.3 Å². The number of carbonyl (C=O) groups is 1. The van der Waals surface area contributed by atoms with Crippen molar-refractivity contribution in [3.8, 4) is 11.3 Å². The highest BCUT2D eigenvalue weighted by Gasteiger charge is 2.25. The van der Waals surface area contributed by atoms with Gasteiger partial charge in [-0.2, -0.15) is 5.10 Å². The molecule has 6 nitrogen and oxygen atoms in total. The molecule has 0 aromatic carbocycles. The van der Waals surface area contributed by atoms with Crippen molar-refractivity contribution in [2.45, 2.75) is 19.4 Å². The van der Waals surface area contributed by atoms with E-state index in [0.717, 1.165) is 6.54 Å². The Hall–Kier alpha value is -2.11. The number of fused-ring (bicyclic) bond motifs is 1. The van der Waals surface area contributed by atoms with Gasteiger partial charge in [0.2, 0.25) is 0 Å². The zero-order valence-electron chi connectivity index (χ0n) is 9.97. The van der Waals surface area contributed by atoms with Gasteiger partial charge in [-0.25, -0.2) is 9.89 Å². The zero-order valence-corrected chi connectivity index (χ0v) is 9.97. The lowest BCUT2D eigenvalue weighted by Gasteiger charge is -2.10. The summed E-state index contributed by atoms with van der Waals surface area (Å²) < 4.78 is 6.60. The molecule has 1 N–H and O–H groups in total. The maximum atomic E-state index is 11.7. The standard InChI is InChI=1S/C12H13N3O3/c1-18-12(17)9-6-15(4-7-2-3-7)5-8-10(9)13-14-11(8)16/h5-7H,2-4H2,1H3,(H,14,16). The van der Waals surface area contributed by atoms with Crippen LogP contribution in [-0.2, 0) is 11.3 Å². The van der Waals surface area contributed by atoms with Crippen molar-refractivity contribution in [3.63, 3.8) is 0 Å². The molecular weight excluding hydrogens is 234 g/mol. The number of H-pyrrole nitrogens is 1. The Morgan fingerprint density at radius 2 is 2.33 bits per heavy atom. The summed E-state index contributed by atoms with van der Waals surface area (Å²) in [5.41, 5.74) is 0.853. The summed E-state index contributed by atoms with van der Waals surface area (Å²) in [6.07, 6.45) is 5.85. The Kier molecular flexibility index (Phi) is 2.43. The minimum absolute atomic E-state index is 0.277. The maximum Gasteiger partial charge on any atom is 0.341 e. The van der Waals surface area contributed by atoms with Crippen LogP contribution in [0.1, 0.15) is 23.2 Å². The molecule has 94 valence electrons. The molecule has 0 aromatic heterocycles. The summed E-state index contributed by atoms with van der Waals surface area (Å²) in [4.78, 5) is 23.3. The predicted octanol–water partition coefficient (Wildman–Crippen LogP) is 0.873. The van der Waals surface area contributed by atoms with Crippen LogP contribution in [-0.4, -0.2) is 27.8 Å². The van der Waals surface area contributed by atoms with Crippen molar-refractivity contribution in [1.29, 1.82) is 0 Å². The van der Waals surface area contributed by atoms with E-state index in [1.54, 1.807) is 12.4 Å². The Bertz CT molecular complexity index is 624. The second kappa shape index (κ2) is 3.97. The molecule has 0 spiro atoms. The first-order valence-corrected chi connectivity index (χ1v) is 5.85. The molecule has 3 aliphatic rings. The third-order valence-corrected chi connectivity index (χ3v) is 3.19. The van der Waals surface area contributed by atoms with Crippen molar-refractivity contribution in [2.75, 3.05) is 7.11 Å². The van der Waals surface area contributed by atoms with E-state index < -0.39 is 5.97 Å². The van der Waals surface area contributed by atoms with Crippen molar-refractivity contribution in [2.24, 2.45) is 5.92 Å². The largest absolute Gasteiger partial charge is 0.465 e. The zero-order chi connectivity index (χ0) is 12.7. The second-order valence-electron chi connectivity index (χ2n) is 4.62. The van der Waals surface area contributed by atoms with E-state index in [0.29, 0.717) is 22.7 Å². The molecule has 1 fully saturated rings. The number of aromatic nitrogens is 3. The summed E-state index contributed by atoms with van der Waals surface area (Å²) in [5.74, 6) is 0.177. The molecule has 6 heteroatoms. The molecule has 0 radical (unpaired) electrons. The van der Waals surface area contributed by atoms with E-state index in [2.05, 4.69) is 10.2 Å². The molecular formula is C12H13N3O3. The number of pyridine rings is 1. The van der Waals surface area contributed by atoms with Gasteiger partial charge in [0, 0.05) is 18.9 Å². The number of esters is 1. The average Bonchev–Trinajstić information content (AvgIpc) is 3.11. The Morgan fingerprint density at radius 3 is 3.00 bits per heavy atom. The fraction of sp³-hybridized carbons (Fsp3) is 0.417. The van der Waals surface area contributed by atoms with Crippen molar-refractivity contribution < 1.29 is 9.53 Å². The van der Waals surface area contributed by atoms with E-state index >= 15 is 0 Å². The molecule has 0 aromatic rings. The number of nitrogens with one attached hydrogen (secondary N) is 1. The van der Waals surface area contributed by atoms with Gasteiger partial charge in [0.05, 0.1) is 12.7 Å². The molecule has 0 amide bonds. The first kappa shape index (κ1) is 11.0. The van der Waals surface area contributed by atoms with E-state index in [-0.39, 0.29) is 5.56 Å². The summed E-state index contributed by atoms with van der Waals surface area (Å²) in [7, 11) is 1.32. The van der Waals surface area contributed by atoms with Gasteiger partial charge in [-0.1, -0.05) is 0 Å². The van der Waals surface area contributed by atoms with Gasteiger partial charge in [0.15, 0.2) is 0 Å². The highest BCUT2D eigenvalue weighted by atomic mass is 16.5. The Balaban J connectivity index is 2.12. The number of ether oxygens (including phenoxy) is 1. The Labute approximate surface area is 103 Å². The monoisotopic (exact) mass is 247 g/mol. The SMILES string of the molecule is COC(=O)c1cn(CC2CC2)cc2c(=O)[nH]nc1-2. The smallest absolute Gasteiger partial charge is 0.341 e. The average molecular weight is 247 g/mol. The summed E-state index contributed by atoms with van der Waals surface area (Å²) in [5, 5.41) is 6.24. The molecule has 0 atom stereocenters.